The lowest BCUT2D eigenvalue weighted by atomic mass is 9.70. The van der Waals surface area contributed by atoms with Crippen LogP contribution in [0, 0.1) is 5.92 Å². The topological polar surface area (TPSA) is 55.8 Å². The summed E-state index contributed by atoms with van der Waals surface area (Å²) in [4.78, 5) is 30.4. The second-order valence-corrected chi connectivity index (χ2v) is 10.3. The molecule has 0 amide bonds. The highest BCUT2D eigenvalue weighted by Gasteiger charge is 2.71. The molecule has 0 spiro atoms. The summed E-state index contributed by atoms with van der Waals surface area (Å²) in [6.45, 7) is 0. The second-order valence-electron chi connectivity index (χ2n) is 10.3. The molecule has 1 fully saturated rings. The van der Waals surface area contributed by atoms with Gasteiger partial charge in [-0.1, -0.05) is 115 Å². The molecule has 1 heterocycles. The van der Waals surface area contributed by atoms with E-state index in [1.54, 1.807) is 0 Å². The van der Waals surface area contributed by atoms with Crippen LogP contribution >= 0.6 is 0 Å². The van der Waals surface area contributed by atoms with Gasteiger partial charge in [-0.2, -0.15) is 0 Å². The highest BCUT2D eigenvalue weighted by Crippen LogP contribution is 2.66. The number of benzene rings is 4. The SMILES string of the molecule is COC(=O)C1=C[C@H](c2ccccc2)[C@]2(C(=O)OC)C1[C@@H](c1ccccc1)[C@H](c1ccccc1)N2c1ccccc1. The van der Waals surface area contributed by atoms with E-state index in [1.165, 1.54) is 14.2 Å². The Balaban J connectivity index is 1.75. The Hall–Kier alpha value is -4.64. The number of fused-ring (bicyclic) bond motifs is 1. The Labute approximate surface area is 234 Å². The molecular formula is C35H31NO4. The van der Waals surface area contributed by atoms with Crippen molar-refractivity contribution in [1.29, 1.82) is 0 Å². The molecule has 0 aromatic heterocycles. The molecule has 0 saturated carbocycles. The van der Waals surface area contributed by atoms with E-state index in [0.717, 1.165) is 22.4 Å². The van der Waals surface area contributed by atoms with E-state index in [2.05, 4.69) is 29.2 Å². The molecule has 0 bridgehead atoms. The third-order valence-corrected chi connectivity index (χ3v) is 8.46. The van der Waals surface area contributed by atoms with Crippen LogP contribution in [0.15, 0.2) is 133 Å². The Morgan fingerprint density at radius 3 is 1.68 bits per heavy atom. The van der Waals surface area contributed by atoms with Crippen molar-refractivity contribution < 1.29 is 19.1 Å². The molecule has 0 N–H and O–H groups in total. The summed E-state index contributed by atoms with van der Waals surface area (Å²) in [5, 5.41) is 0. The van der Waals surface area contributed by atoms with Crippen molar-refractivity contribution in [3.8, 4) is 0 Å². The maximum Gasteiger partial charge on any atom is 0.333 e. The summed E-state index contributed by atoms with van der Waals surface area (Å²) >= 11 is 0. The first-order valence-electron chi connectivity index (χ1n) is 13.5. The standard InChI is InChI=1S/C35H31NO4/c1-39-33(37)28-23-29(24-15-7-3-8-16-24)35(34(38)40-2)31(28)30(25-17-9-4-10-18-25)32(26-19-11-5-12-20-26)36(35)27-21-13-6-14-22-27/h3-23,29-32H,1-2H3/t29-,30-,31?,32+,35-/m1/s1. The number of carbonyl (C=O) groups excluding carboxylic acids is 2. The van der Waals surface area contributed by atoms with Gasteiger partial charge in [-0.3, -0.25) is 0 Å². The van der Waals surface area contributed by atoms with Gasteiger partial charge in [0.25, 0.3) is 0 Å². The quantitative estimate of drug-likeness (QED) is 0.269. The highest BCUT2D eigenvalue weighted by molar-refractivity contribution is 5.99. The minimum Gasteiger partial charge on any atom is -0.467 e. The zero-order chi connectivity index (χ0) is 27.7. The number of hydrogen-bond donors (Lipinski definition) is 0. The number of esters is 2. The maximum atomic E-state index is 14.5. The average Bonchev–Trinajstić information content (AvgIpc) is 3.53. The van der Waals surface area contributed by atoms with Crippen LogP contribution in [0.4, 0.5) is 5.69 Å². The number of para-hydroxylation sites is 1. The number of methoxy groups -OCH3 is 2. The van der Waals surface area contributed by atoms with Crippen LogP contribution in [0.1, 0.15) is 34.6 Å². The Kier molecular flexibility index (Phi) is 6.72. The van der Waals surface area contributed by atoms with E-state index in [0.29, 0.717) is 5.57 Å². The fourth-order valence-electron chi connectivity index (χ4n) is 7.04. The monoisotopic (exact) mass is 529 g/mol. The lowest BCUT2D eigenvalue weighted by molar-refractivity contribution is -0.148. The summed E-state index contributed by atoms with van der Waals surface area (Å²) in [5.74, 6) is -2.10. The van der Waals surface area contributed by atoms with Gasteiger partial charge in [0.05, 0.1) is 20.3 Å². The van der Waals surface area contributed by atoms with Crippen LogP contribution in [0.3, 0.4) is 0 Å². The smallest absolute Gasteiger partial charge is 0.333 e. The lowest BCUT2D eigenvalue weighted by Crippen LogP contribution is -2.58. The number of anilines is 1. The summed E-state index contributed by atoms with van der Waals surface area (Å²) in [6.07, 6.45) is 1.94. The third-order valence-electron chi connectivity index (χ3n) is 8.46. The van der Waals surface area contributed by atoms with Crippen LogP contribution in [-0.2, 0) is 19.1 Å². The van der Waals surface area contributed by atoms with Crippen LogP contribution in [0.25, 0.3) is 0 Å². The molecule has 5 heteroatoms. The summed E-state index contributed by atoms with van der Waals surface area (Å²) < 4.78 is 11.1. The van der Waals surface area contributed by atoms with Crippen molar-refractivity contribution in [3.63, 3.8) is 0 Å². The predicted octanol–water partition coefficient (Wildman–Crippen LogP) is 6.46. The first kappa shape index (κ1) is 25.6. The number of nitrogens with zero attached hydrogens (tertiary/aromatic N) is 1. The summed E-state index contributed by atoms with van der Waals surface area (Å²) in [7, 11) is 2.83. The molecular weight excluding hydrogens is 498 g/mol. The number of rotatable bonds is 6. The van der Waals surface area contributed by atoms with Crippen molar-refractivity contribution >= 4 is 17.6 Å². The van der Waals surface area contributed by atoms with Gasteiger partial charge in [0.2, 0.25) is 0 Å². The van der Waals surface area contributed by atoms with Gasteiger partial charge in [0, 0.05) is 29.0 Å². The number of ether oxygens (including phenoxy) is 2. The summed E-state index contributed by atoms with van der Waals surface area (Å²) in [5.41, 5.74) is 3.13. The third kappa shape index (κ3) is 3.84. The van der Waals surface area contributed by atoms with Crippen LogP contribution < -0.4 is 4.90 Å². The van der Waals surface area contributed by atoms with Gasteiger partial charge < -0.3 is 14.4 Å². The largest absolute Gasteiger partial charge is 0.467 e. The lowest BCUT2D eigenvalue weighted by Gasteiger charge is -2.44. The number of carbonyl (C=O) groups is 2. The molecule has 4 aromatic rings. The first-order chi connectivity index (χ1) is 19.6. The molecule has 5 atom stereocenters. The molecule has 1 aliphatic carbocycles. The fraction of sp³-hybridized carbons (Fsp3) is 0.200. The number of hydrogen-bond acceptors (Lipinski definition) is 5. The average molecular weight is 530 g/mol. The zero-order valence-electron chi connectivity index (χ0n) is 22.5. The molecule has 5 nitrogen and oxygen atoms in total. The molecule has 4 aromatic carbocycles. The maximum absolute atomic E-state index is 14.5. The molecule has 1 saturated heterocycles. The van der Waals surface area contributed by atoms with Crippen molar-refractivity contribution in [2.45, 2.75) is 23.4 Å². The van der Waals surface area contributed by atoms with Gasteiger partial charge >= 0.3 is 11.9 Å². The molecule has 2 aliphatic rings. The van der Waals surface area contributed by atoms with Crippen molar-refractivity contribution in [1.82, 2.24) is 0 Å². The van der Waals surface area contributed by atoms with E-state index < -0.39 is 23.3 Å². The Morgan fingerprint density at radius 1 is 0.650 bits per heavy atom. The van der Waals surface area contributed by atoms with E-state index in [-0.39, 0.29) is 17.9 Å². The van der Waals surface area contributed by atoms with Gasteiger partial charge in [0.15, 0.2) is 5.54 Å². The summed E-state index contributed by atoms with van der Waals surface area (Å²) in [6, 6.07) is 40.0. The minimum atomic E-state index is -1.26. The van der Waals surface area contributed by atoms with Gasteiger partial charge in [-0.05, 0) is 28.8 Å². The van der Waals surface area contributed by atoms with E-state index in [1.807, 2.05) is 103 Å². The van der Waals surface area contributed by atoms with Crippen LogP contribution in [0.2, 0.25) is 0 Å². The van der Waals surface area contributed by atoms with Gasteiger partial charge in [0.1, 0.15) is 0 Å². The van der Waals surface area contributed by atoms with E-state index in [4.69, 9.17) is 9.47 Å². The fourth-order valence-corrected chi connectivity index (χ4v) is 7.04. The van der Waals surface area contributed by atoms with Crippen molar-refractivity contribution in [2.24, 2.45) is 5.92 Å². The van der Waals surface area contributed by atoms with Gasteiger partial charge in [-0.25, -0.2) is 9.59 Å². The zero-order valence-corrected chi connectivity index (χ0v) is 22.5. The van der Waals surface area contributed by atoms with Crippen molar-refractivity contribution in [2.75, 3.05) is 19.1 Å². The predicted molar refractivity (Wildman–Crippen MR) is 155 cm³/mol. The second kappa shape index (κ2) is 10.5. The van der Waals surface area contributed by atoms with Gasteiger partial charge in [-0.15, -0.1) is 0 Å². The van der Waals surface area contributed by atoms with Crippen LogP contribution in [-0.4, -0.2) is 31.7 Å². The minimum absolute atomic E-state index is 0.262. The van der Waals surface area contributed by atoms with E-state index >= 15 is 0 Å². The molecule has 1 unspecified atom stereocenters. The van der Waals surface area contributed by atoms with E-state index in [9.17, 15) is 9.59 Å². The Morgan fingerprint density at radius 2 is 1.15 bits per heavy atom. The van der Waals surface area contributed by atoms with Crippen LogP contribution in [0.5, 0.6) is 0 Å². The van der Waals surface area contributed by atoms with Crippen molar-refractivity contribution in [3.05, 3.63) is 150 Å². The molecule has 6 rings (SSSR count). The highest BCUT2D eigenvalue weighted by atomic mass is 16.5. The molecule has 0 radical (unpaired) electrons. The molecule has 1 aliphatic heterocycles. The Bertz CT molecular complexity index is 1520. The first-order valence-corrected chi connectivity index (χ1v) is 13.5. The normalized spacial score (nSPS) is 25.1. The molecule has 200 valence electrons. The molecule has 40 heavy (non-hydrogen) atoms.